The van der Waals surface area contributed by atoms with Crippen LogP contribution in [0, 0.1) is 0 Å². The summed E-state index contributed by atoms with van der Waals surface area (Å²) in [4.78, 5) is 0. The van der Waals surface area contributed by atoms with Crippen LogP contribution in [0.5, 0.6) is 0 Å². The standard InChI is InChI=1S/C11H13F4N/c1-7(16)5-8-3-2-4-9(6-8)11(14,15)10(12)13/h2-4,6-7,10H,5,16H2,1H3. The third-order valence-electron chi connectivity index (χ3n) is 2.14. The van der Waals surface area contributed by atoms with Crippen LogP contribution < -0.4 is 5.73 Å². The van der Waals surface area contributed by atoms with Gasteiger partial charge in [-0.05, 0) is 25.0 Å². The highest BCUT2D eigenvalue weighted by molar-refractivity contribution is 5.27. The summed E-state index contributed by atoms with van der Waals surface area (Å²) >= 11 is 0. The molecule has 0 aliphatic heterocycles. The number of halogens is 4. The second-order valence-electron chi connectivity index (χ2n) is 3.81. The quantitative estimate of drug-likeness (QED) is 0.798. The summed E-state index contributed by atoms with van der Waals surface area (Å²) in [6.07, 6.45) is -3.31. The van der Waals surface area contributed by atoms with Gasteiger partial charge < -0.3 is 5.73 Å². The molecule has 0 aromatic heterocycles. The smallest absolute Gasteiger partial charge is 0.328 e. The maximum Gasteiger partial charge on any atom is 0.332 e. The molecule has 5 heteroatoms. The van der Waals surface area contributed by atoms with Crippen LogP contribution in [0.15, 0.2) is 24.3 Å². The lowest BCUT2D eigenvalue weighted by Gasteiger charge is -2.16. The van der Waals surface area contributed by atoms with E-state index in [4.69, 9.17) is 5.73 Å². The molecule has 1 unspecified atom stereocenters. The van der Waals surface area contributed by atoms with Gasteiger partial charge in [-0.15, -0.1) is 0 Å². The van der Waals surface area contributed by atoms with Gasteiger partial charge in [0.25, 0.3) is 0 Å². The van der Waals surface area contributed by atoms with E-state index in [1.54, 1.807) is 13.0 Å². The molecule has 16 heavy (non-hydrogen) atoms. The number of benzene rings is 1. The first-order valence-electron chi connectivity index (χ1n) is 4.85. The predicted molar refractivity (Wildman–Crippen MR) is 53.7 cm³/mol. The molecular formula is C11H13F4N. The van der Waals surface area contributed by atoms with Crippen molar-refractivity contribution in [3.8, 4) is 0 Å². The zero-order valence-electron chi connectivity index (χ0n) is 8.76. The van der Waals surface area contributed by atoms with E-state index in [0.717, 1.165) is 12.1 Å². The third-order valence-corrected chi connectivity index (χ3v) is 2.14. The number of hydrogen-bond acceptors (Lipinski definition) is 1. The van der Waals surface area contributed by atoms with Crippen molar-refractivity contribution in [1.82, 2.24) is 0 Å². The van der Waals surface area contributed by atoms with Crippen molar-refractivity contribution in [1.29, 1.82) is 0 Å². The minimum atomic E-state index is -4.10. The summed E-state index contributed by atoms with van der Waals surface area (Å²) in [6, 6.07) is 4.81. The van der Waals surface area contributed by atoms with Gasteiger partial charge in [0, 0.05) is 11.6 Å². The minimum Gasteiger partial charge on any atom is -0.328 e. The number of hydrogen-bond donors (Lipinski definition) is 1. The molecule has 0 saturated heterocycles. The summed E-state index contributed by atoms with van der Waals surface area (Å²) in [6.45, 7) is 1.72. The maximum absolute atomic E-state index is 13.0. The Labute approximate surface area is 91.3 Å². The zero-order chi connectivity index (χ0) is 12.3. The topological polar surface area (TPSA) is 26.0 Å². The lowest BCUT2D eigenvalue weighted by Crippen LogP contribution is -2.24. The Kier molecular flexibility index (Phi) is 3.91. The fraction of sp³-hybridized carbons (Fsp3) is 0.455. The van der Waals surface area contributed by atoms with Crippen molar-refractivity contribution in [2.45, 2.75) is 31.7 Å². The highest BCUT2D eigenvalue weighted by Crippen LogP contribution is 2.34. The average molecular weight is 235 g/mol. The zero-order valence-corrected chi connectivity index (χ0v) is 8.76. The summed E-state index contributed by atoms with van der Waals surface area (Å²) < 4.78 is 50.3. The Hall–Kier alpha value is -1.10. The molecular weight excluding hydrogens is 222 g/mol. The van der Waals surface area contributed by atoms with Gasteiger partial charge >= 0.3 is 12.3 Å². The van der Waals surface area contributed by atoms with Crippen LogP contribution in [0.4, 0.5) is 17.6 Å². The van der Waals surface area contributed by atoms with E-state index < -0.39 is 17.9 Å². The van der Waals surface area contributed by atoms with Gasteiger partial charge in [-0.1, -0.05) is 18.2 Å². The number of rotatable bonds is 4. The molecule has 90 valence electrons. The fourth-order valence-corrected chi connectivity index (χ4v) is 1.40. The van der Waals surface area contributed by atoms with Gasteiger partial charge in [0.05, 0.1) is 0 Å². The van der Waals surface area contributed by atoms with E-state index in [1.807, 2.05) is 0 Å². The highest BCUT2D eigenvalue weighted by atomic mass is 19.3. The molecule has 1 nitrogen and oxygen atoms in total. The number of nitrogens with two attached hydrogens (primary N) is 1. The van der Waals surface area contributed by atoms with Gasteiger partial charge in [0.2, 0.25) is 0 Å². The number of alkyl halides is 4. The second-order valence-corrected chi connectivity index (χ2v) is 3.81. The molecule has 0 spiro atoms. The van der Waals surface area contributed by atoms with Crippen LogP contribution in [0.25, 0.3) is 0 Å². The first kappa shape index (κ1) is 13.0. The summed E-state index contributed by atoms with van der Waals surface area (Å²) in [7, 11) is 0. The lowest BCUT2D eigenvalue weighted by atomic mass is 10.0. The van der Waals surface area contributed by atoms with Crippen LogP contribution >= 0.6 is 0 Å². The average Bonchev–Trinajstić information content (AvgIpc) is 2.16. The van der Waals surface area contributed by atoms with Gasteiger partial charge in [0.15, 0.2) is 0 Å². The molecule has 0 fully saturated rings. The molecule has 1 atom stereocenters. The normalized spacial score (nSPS) is 14.2. The monoisotopic (exact) mass is 235 g/mol. The summed E-state index contributed by atoms with van der Waals surface area (Å²) in [5, 5.41) is 0. The second kappa shape index (κ2) is 4.82. The fourth-order valence-electron chi connectivity index (χ4n) is 1.40. The first-order chi connectivity index (χ1) is 7.34. The Morgan fingerprint density at radius 2 is 1.94 bits per heavy atom. The van der Waals surface area contributed by atoms with Gasteiger partial charge in [-0.25, -0.2) is 8.78 Å². The molecule has 0 saturated carbocycles. The van der Waals surface area contributed by atoms with Crippen molar-refractivity contribution in [3.05, 3.63) is 35.4 Å². The van der Waals surface area contributed by atoms with Crippen LogP contribution in [-0.4, -0.2) is 12.5 Å². The largest absolute Gasteiger partial charge is 0.332 e. The minimum absolute atomic E-state index is 0.199. The van der Waals surface area contributed by atoms with Gasteiger partial charge in [-0.2, -0.15) is 8.78 Å². The van der Waals surface area contributed by atoms with Crippen LogP contribution in [-0.2, 0) is 12.3 Å². The SMILES string of the molecule is CC(N)Cc1cccc(C(F)(F)C(F)F)c1. The van der Waals surface area contributed by atoms with E-state index in [-0.39, 0.29) is 6.04 Å². The summed E-state index contributed by atoms with van der Waals surface area (Å²) in [5.74, 6) is -4.10. The summed E-state index contributed by atoms with van der Waals surface area (Å²) in [5.41, 5.74) is 5.38. The van der Waals surface area contributed by atoms with E-state index >= 15 is 0 Å². The molecule has 0 bridgehead atoms. The lowest BCUT2D eigenvalue weighted by molar-refractivity contribution is -0.135. The van der Waals surface area contributed by atoms with Crippen molar-refractivity contribution in [2.24, 2.45) is 5.73 Å². The molecule has 0 heterocycles. The van der Waals surface area contributed by atoms with E-state index in [1.165, 1.54) is 6.07 Å². The van der Waals surface area contributed by atoms with Crippen molar-refractivity contribution >= 4 is 0 Å². The molecule has 1 aromatic carbocycles. The van der Waals surface area contributed by atoms with Crippen LogP contribution in [0.3, 0.4) is 0 Å². The van der Waals surface area contributed by atoms with Crippen LogP contribution in [0.1, 0.15) is 18.1 Å². The van der Waals surface area contributed by atoms with E-state index in [2.05, 4.69) is 0 Å². The maximum atomic E-state index is 13.0. The molecule has 0 amide bonds. The van der Waals surface area contributed by atoms with Crippen molar-refractivity contribution < 1.29 is 17.6 Å². The Morgan fingerprint density at radius 1 is 1.31 bits per heavy atom. The predicted octanol–water partition coefficient (Wildman–Crippen LogP) is 2.93. The molecule has 1 rings (SSSR count). The van der Waals surface area contributed by atoms with Crippen molar-refractivity contribution in [2.75, 3.05) is 0 Å². The van der Waals surface area contributed by atoms with E-state index in [0.29, 0.717) is 12.0 Å². The Morgan fingerprint density at radius 3 is 2.44 bits per heavy atom. The molecule has 0 aliphatic rings. The Balaban J connectivity index is 2.98. The third kappa shape index (κ3) is 2.95. The molecule has 0 aliphatic carbocycles. The molecule has 1 aromatic rings. The van der Waals surface area contributed by atoms with Crippen LogP contribution in [0.2, 0.25) is 0 Å². The van der Waals surface area contributed by atoms with Gasteiger partial charge in [-0.3, -0.25) is 0 Å². The van der Waals surface area contributed by atoms with E-state index in [9.17, 15) is 17.6 Å². The highest BCUT2D eigenvalue weighted by Gasteiger charge is 2.42. The van der Waals surface area contributed by atoms with Crippen molar-refractivity contribution in [3.63, 3.8) is 0 Å². The van der Waals surface area contributed by atoms with Gasteiger partial charge in [0.1, 0.15) is 0 Å². The first-order valence-corrected chi connectivity index (χ1v) is 4.85. The molecule has 0 radical (unpaired) electrons. The molecule has 2 N–H and O–H groups in total. The Bertz CT molecular complexity index is 350.